The zero-order chi connectivity index (χ0) is 14.8. The molecule has 0 bridgehead atoms. The summed E-state index contributed by atoms with van der Waals surface area (Å²) in [7, 11) is -0.812. The number of unbranched alkanes of at least 4 members (excludes halogenated alkanes) is 1. The van der Waals surface area contributed by atoms with Gasteiger partial charge in [0.2, 0.25) is 0 Å². The van der Waals surface area contributed by atoms with E-state index in [-0.39, 0.29) is 5.82 Å². The Morgan fingerprint density at radius 3 is 2.10 bits per heavy atom. The smallest absolute Gasteiger partial charge is 0.377 e. The quantitative estimate of drug-likeness (QED) is 0.486. The highest BCUT2D eigenvalue weighted by molar-refractivity contribution is 6.60. The van der Waals surface area contributed by atoms with E-state index in [1.807, 2.05) is 26.0 Å². The van der Waals surface area contributed by atoms with Gasteiger partial charge in [-0.1, -0.05) is 12.1 Å². The van der Waals surface area contributed by atoms with E-state index < -0.39 is 8.80 Å². The van der Waals surface area contributed by atoms with Crippen molar-refractivity contribution >= 4 is 8.80 Å². The molecule has 0 atom stereocenters. The lowest BCUT2D eigenvalue weighted by Gasteiger charge is -2.27. The summed E-state index contributed by atoms with van der Waals surface area (Å²) in [4.78, 5) is 0. The van der Waals surface area contributed by atoms with Gasteiger partial charge in [0, 0.05) is 26.4 Å². The number of benzene rings is 1. The van der Waals surface area contributed by atoms with Crippen molar-refractivity contribution < 1.29 is 17.7 Å². The number of hydrogen-bond acceptors (Lipinski definition) is 3. The fraction of sp³-hybridized carbons (Fsp3) is 0.600. The molecule has 0 unspecified atom stereocenters. The molecule has 0 saturated heterocycles. The highest BCUT2D eigenvalue weighted by Crippen LogP contribution is 2.19. The Balaban J connectivity index is 2.38. The van der Waals surface area contributed by atoms with Crippen molar-refractivity contribution in [3.05, 3.63) is 35.6 Å². The van der Waals surface area contributed by atoms with Gasteiger partial charge in [-0.25, -0.2) is 4.39 Å². The van der Waals surface area contributed by atoms with Crippen LogP contribution in [0.1, 0.15) is 32.3 Å². The summed E-state index contributed by atoms with van der Waals surface area (Å²) < 4.78 is 29.8. The average Bonchev–Trinajstić information content (AvgIpc) is 2.46. The predicted octanol–water partition coefficient (Wildman–Crippen LogP) is 3.81. The molecule has 1 aromatic carbocycles. The standard InChI is InChI=1S/C15H25FO3Si/c1-4-18-20(17-3,19-5-2)13-7-6-8-14-9-11-15(16)12-10-14/h9-12H,4-8,13H2,1-3H3. The molecule has 0 aromatic heterocycles. The van der Waals surface area contributed by atoms with E-state index in [2.05, 4.69) is 0 Å². The molecule has 114 valence electrons. The predicted molar refractivity (Wildman–Crippen MR) is 80.2 cm³/mol. The number of hydrogen-bond donors (Lipinski definition) is 0. The molecule has 0 aliphatic rings. The molecule has 0 aliphatic carbocycles. The van der Waals surface area contributed by atoms with Crippen LogP contribution < -0.4 is 0 Å². The average molecular weight is 300 g/mol. The summed E-state index contributed by atoms with van der Waals surface area (Å²) in [6, 6.07) is 7.50. The Hall–Kier alpha value is -0.753. The minimum Gasteiger partial charge on any atom is -0.377 e. The fourth-order valence-electron chi connectivity index (χ4n) is 2.17. The van der Waals surface area contributed by atoms with Crippen molar-refractivity contribution in [1.82, 2.24) is 0 Å². The monoisotopic (exact) mass is 300 g/mol. The highest BCUT2D eigenvalue weighted by atomic mass is 28.4. The lowest BCUT2D eigenvalue weighted by molar-refractivity contribution is 0.0860. The highest BCUT2D eigenvalue weighted by Gasteiger charge is 2.38. The van der Waals surface area contributed by atoms with Crippen LogP contribution in [0.3, 0.4) is 0 Å². The molecular formula is C15H25FO3Si. The Labute approximate surface area is 122 Å². The van der Waals surface area contributed by atoms with Gasteiger partial charge in [-0.2, -0.15) is 0 Å². The third-order valence-corrected chi connectivity index (χ3v) is 6.20. The maximum absolute atomic E-state index is 12.8. The summed E-state index contributed by atoms with van der Waals surface area (Å²) in [6.45, 7) is 5.13. The minimum atomic E-state index is -2.48. The Morgan fingerprint density at radius 1 is 1.00 bits per heavy atom. The molecule has 0 radical (unpaired) electrons. The summed E-state index contributed by atoms with van der Waals surface area (Å²) in [5, 5.41) is 0. The second-order valence-electron chi connectivity index (χ2n) is 4.59. The largest absolute Gasteiger partial charge is 0.500 e. The van der Waals surface area contributed by atoms with E-state index in [1.165, 1.54) is 12.1 Å². The normalized spacial score (nSPS) is 11.8. The zero-order valence-electron chi connectivity index (χ0n) is 12.7. The lowest BCUT2D eigenvalue weighted by Crippen LogP contribution is -2.44. The Morgan fingerprint density at radius 2 is 1.60 bits per heavy atom. The molecule has 0 amide bonds. The first-order valence-corrected chi connectivity index (χ1v) is 9.16. The van der Waals surface area contributed by atoms with Crippen molar-refractivity contribution in [2.24, 2.45) is 0 Å². The van der Waals surface area contributed by atoms with E-state index in [0.717, 1.165) is 30.9 Å². The van der Waals surface area contributed by atoms with Crippen LogP contribution >= 0.6 is 0 Å². The Kier molecular flexibility index (Phi) is 7.99. The van der Waals surface area contributed by atoms with Gasteiger partial charge < -0.3 is 13.3 Å². The van der Waals surface area contributed by atoms with E-state index >= 15 is 0 Å². The van der Waals surface area contributed by atoms with Crippen LogP contribution in [-0.4, -0.2) is 29.1 Å². The molecule has 1 aromatic rings. The van der Waals surface area contributed by atoms with E-state index in [4.69, 9.17) is 13.3 Å². The van der Waals surface area contributed by atoms with Crippen LogP contribution in [0.25, 0.3) is 0 Å². The number of rotatable bonds is 10. The topological polar surface area (TPSA) is 27.7 Å². The van der Waals surface area contributed by atoms with Crippen molar-refractivity contribution in [3.63, 3.8) is 0 Å². The van der Waals surface area contributed by atoms with Crippen LogP contribution in [0, 0.1) is 5.82 Å². The van der Waals surface area contributed by atoms with Crippen molar-refractivity contribution in [2.45, 2.75) is 39.2 Å². The first-order valence-electron chi connectivity index (χ1n) is 7.23. The molecule has 20 heavy (non-hydrogen) atoms. The summed E-state index contributed by atoms with van der Waals surface area (Å²) in [5.74, 6) is -0.188. The maximum Gasteiger partial charge on any atom is 0.500 e. The maximum atomic E-state index is 12.8. The van der Waals surface area contributed by atoms with E-state index in [1.54, 1.807) is 7.11 Å². The van der Waals surface area contributed by atoms with Gasteiger partial charge in [0.1, 0.15) is 5.82 Å². The van der Waals surface area contributed by atoms with Crippen LogP contribution in [0.4, 0.5) is 4.39 Å². The lowest BCUT2D eigenvalue weighted by atomic mass is 10.1. The second kappa shape index (κ2) is 9.23. The molecule has 0 fully saturated rings. The molecule has 3 nitrogen and oxygen atoms in total. The fourth-order valence-corrected chi connectivity index (χ4v) is 4.54. The van der Waals surface area contributed by atoms with E-state index in [0.29, 0.717) is 13.2 Å². The third-order valence-electron chi connectivity index (χ3n) is 3.15. The van der Waals surface area contributed by atoms with Crippen LogP contribution in [0.5, 0.6) is 0 Å². The summed E-state index contributed by atoms with van der Waals surface area (Å²) in [5.41, 5.74) is 1.16. The molecule has 0 spiro atoms. The van der Waals surface area contributed by atoms with Gasteiger partial charge in [-0.05, 0) is 50.8 Å². The zero-order valence-corrected chi connectivity index (χ0v) is 13.7. The second-order valence-corrected chi connectivity index (χ2v) is 7.44. The third kappa shape index (κ3) is 5.71. The summed E-state index contributed by atoms with van der Waals surface area (Å²) >= 11 is 0. The van der Waals surface area contributed by atoms with E-state index in [9.17, 15) is 4.39 Å². The van der Waals surface area contributed by atoms with Crippen molar-refractivity contribution in [2.75, 3.05) is 20.3 Å². The van der Waals surface area contributed by atoms with Gasteiger partial charge in [0.05, 0.1) is 0 Å². The molecule has 0 heterocycles. The van der Waals surface area contributed by atoms with Gasteiger partial charge in [0.15, 0.2) is 0 Å². The first kappa shape index (κ1) is 17.3. The van der Waals surface area contributed by atoms with Gasteiger partial charge in [-0.3, -0.25) is 0 Å². The number of halogens is 1. The molecule has 0 N–H and O–H groups in total. The van der Waals surface area contributed by atoms with Crippen LogP contribution in [0.15, 0.2) is 24.3 Å². The molecule has 5 heteroatoms. The van der Waals surface area contributed by atoms with Gasteiger partial charge in [0.25, 0.3) is 0 Å². The molecule has 0 saturated carbocycles. The molecule has 0 aliphatic heterocycles. The summed E-state index contributed by atoms with van der Waals surface area (Å²) in [6.07, 6.45) is 2.94. The first-order chi connectivity index (χ1) is 9.65. The van der Waals surface area contributed by atoms with Gasteiger partial charge in [-0.15, -0.1) is 0 Å². The van der Waals surface area contributed by atoms with Crippen molar-refractivity contribution in [1.29, 1.82) is 0 Å². The molecule has 1 rings (SSSR count). The van der Waals surface area contributed by atoms with Gasteiger partial charge >= 0.3 is 8.80 Å². The SMILES string of the molecule is CCO[Si](CCCCc1ccc(F)cc1)(OC)OCC. The van der Waals surface area contributed by atoms with Crippen LogP contribution in [0.2, 0.25) is 6.04 Å². The van der Waals surface area contributed by atoms with Crippen LogP contribution in [-0.2, 0) is 19.7 Å². The number of aryl methyl sites for hydroxylation is 1. The van der Waals surface area contributed by atoms with Crippen molar-refractivity contribution in [3.8, 4) is 0 Å². The Bertz CT molecular complexity index is 364. The minimum absolute atomic E-state index is 0.188. The molecular weight excluding hydrogens is 275 g/mol.